The number of hydroxylamine groups is 2. The smallest absolute Gasteiger partial charge is 0.231 e. The Morgan fingerprint density at radius 2 is 1.47 bits per heavy atom. The lowest BCUT2D eigenvalue weighted by molar-refractivity contribution is -0.198. The minimum absolute atomic E-state index is 0.0249. The first-order valence-corrected chi connectivity index (χ1v) is 12.5. The molecular weight excluding hydrogens is 448 g/mol. The molecule has 0 unspecified atom stereocenters. The molecule has 36 heavy (non-hydrogen) atoms. The molecule has 2 fully saturated rings. The van der Waals surface area contributed by atoms with Crippen LogP contribution in [0.3, 0.4) is 0 Å². The molecule has 0 N–H and O–H groups in total. The van der Waals surface area contributed by atoms with Gasteiger partial charge < -0.3 is 14.4 Å². The van der Waals surface area contributed by atoms with Crippen molar-refractivity contribution in [2.45, 2.75) is 31.2 Å². The first kappa shape index (κ1) is 21.5. The SMILES string of the molecule is Cc1ccc(N2C[C@]3(c4ccccc4)C[C@H](c4ccccc4)ON3[C@H]2c2ccc3c(c2)OCO3)cc1. The molecule has 3 aliphatic heterocycles. The molecular formula is C31H28N2O3. The highest BCUT2D eigenvalue weighted by atomic mass is 16.7. The second kappa shape index (κ2) is 8.40. The topological polar surface area (TPSA) is 34.2 Å². The van der Waals surface area contributed by atoms with E-state index in [-0.39, 0.29) is 24.6 Å². The molecule has 7 rings (SSSR count). The highest BCUT2D eigenvalue weighted by Crippen LogP contribution is 2.57. The van der Waals surface area contributed by atoms with Gasteiger partial charge in [0.1, 0.15) is 12.3 Å². The van der Waals surface area contributed by atoms with E-state index in [1.54, 1.807) is 0 Å². The average Bonchev–Trinajstić information content (AvgIpc) is 3.62. The summed E-state index contributed by atoms with van der Waals surface area (Å²) in [5.41, 5.74) is 5.70. The number of hydrogen-bond acceptors (Lipinski definition) is 5. The Bertz CT molecular complexity index is 1380. The van der Waals surface area contributed by atoms with Crippen molar-refractivity contribution >= 4 is 5.69 Å². The van der Waals surface area contributed by atoms with Crippen LogP contribution in [0.4, 0.5) is 5.69 Å². The summed E-state index contributed by atoms with van der Waals surface area (Å²) in [5, 5.41) is 2.25. The number of aryl methyl sites for hydroxylation is 1. The van der Waals surface area contributed by atoms with E-state index in [1.807, 2.05) is 6.07 Å². The molecule has 3 aliphatic rings. The van der Waals surface area contributed by atoms with Crippen LogP contribution < -0.4 is 14.4 Å². The number of nitrogens with zero attached hydrogens (tertiary/aromatic N) is 2. The van der Waals surface area contributed by atoms with Gasteiger partial charge in [-0.1, -0.05) is 84.4 Å². The van der Waals surface area contributed by atoms with Crippen LogP contribution in [0.1, 0.15) is 40.9 Å². The Morgan fingerprint density at radius 3 is 2.25 bits per heavy atom. The Morgan fingerprint density at radius 1 is 0.750 bits per heavy atom. The lowest BCUT2D eigenvalue weighted by Gasteiger charge is -2.32. The van der Waals surface area contributed by atoms with Gasteiger partial charge in [-0.15, -0.1) is 5.06 Å². The monoisotopic (exact) mass is 476 g/mol. The molecule has 2 saturated heterocycles. The van der Waals surface area contributed by atoms with E-state index in [2.05, 4.69) is 114 Å². The molecule has 3 heterocycles. The van der Waals surface area contributed by atoms with Crippen LogP contribution in [0, 0.1) is 6.92 Å². The number of ether oxygens (including phenoxy) is 2. The van der Waals surface area contributed by atoms with Crippen LogP contribution in [0.5, 0.6) is 11.5 Å². The minimum atomic E-state index is -0.312. The number of anilines is 1. The fourth-order valence-corrected chi connectivity index (χ4v) is 5.88. The number of hydrogen-bond donors (Lipinski definition) is 0. The maximum absolute atomic E-state index is 6.91. The third kappa shape index (κ3) is 3.39. The fourth-order valence-electron chi connectivity index (χ4n) is 5.88. The lowest BCUT2D eigenvalue weighted by Crippen LogP contribution is -2.37. The molecule has 180 valence electrons. The van der Waals surface area contributed by atoms with E-state index >= 15 is 0 Å². The minimum Gasteiger partial charge on any atom is -0.454 e. The van der Waals surface area contributed by atoms with E-state index in [1.165, 1.54) is 22.4 Å². The molecule has 4 aromatic rings. The second-order valence-corrected chi connectivity index (χ2v) is 9.88. The van der Waals surface area contributed by atoms with Gasteiger partial charge in [0.25, 0.3) is 0 Å². The van der Waals surface area contributed by atoms with Gasteiger partial charge in [-0.3, -0.25) is 4.84 Å². The van der Waals surface area contributed by atoms with Gasteiger partial charge >= 0.3 is 0 Å². The zero-order chi connectivity index (χ0) is 24.1. The molecule has 4 aromatic carbocycles. The molecule has 0 radical (unpaired) electrons. The first-order valence-electron chi connectivity index (χ1n) is 12.5. The highest BCUT2D eigenvalue weighted by molar-refractivity contribution is 5.55. The summed E-state index contributed by atoms with van der Waals surface area (Å²) >= 11 is 0. The first-order chi connectivity index (χ1) is 17.7. The Hall–Kier alpha value is -3.80. The number of fused-ring (bicyclic) bond motifs is 2. The zero-order valence-corrected chi connectivity index (χ0v) is 20.2. The predicted octanol–water partition coefficient (Wildman–Crippen LogP) is 6.52. The molecule has 0 spiro atoms. The second-order valence-electron chi connectivity index (χ2n) is 9.88. The molecule has 0 amide bonds. The van der Waals surface area contributed by atoms with Crippen molar-refractivity contribution in [2.24, 2.45) is 0 Å². The van der Waals surface area contributed by atoms with Crippen molar-refractivity contribution in [1.82, 2.24) is 5.06 Å². The Balaban J connectivity index is 1.39. The molecule has 0 bridgehead atoms. The fraction of sp³-hybridized carbons (Fsp3) is 0.226. The van der Waals surface area contributed by atoms with Gasteiger partial charge in [0.15, 0.2) is 11.5 Å². The van der Waals surface area contributed by atoms with Crippen molar-refractivity contribution < 1.29 is 14.3 Å². The molecule has 5 heteroatoms. The van der Waals surface area contributed by atoms with Gasteiger partial charge in [-0.05, 0) is 47.9 Å². The summed E-state index contributed by atoms with van der Waals surface area (Å²) in [5.74, 6) is 1.57. The standard InChI is InChI=1S/C31H28N2O3/c1-22-12-15-26(16-13-22)32-20-31(25-10-6-3-7-11-25)19-29(23-8-4-2-5-9-23)36-33(31)30(32)24-14-17-27-28(18-24)35-21-34-27/h2-18,29-30H,19-21H2,1H3/t29-,30+,31+/m1/s1. The largest absolute Gasteiger partial charge is 0.454 e. The Labute approximate surface area is 211 Å². The van der Waals surface area contributed by atoms with E-state index < -0.39 is 0 Å². The predicted molar refractivity (Wildman–Crippen MR) is 139 cm³/mol. The van der Waals surface area contributed by atoms with Gasteiger partial charge in [-0.2, -0.15) is 0 Å². The summed E-state index contributed by atoms with van der Waals surface area (Å²) in [4.78, 5) is 9.37. The van der Waals surface area contributed by atoms with Crippen molar-refractivity contribution in [3.8, 4) is 11.5 Å². The van der Waals surface area contributed by atoms with Crippen molar-refractivity contribution in [3.63, 3.8) is 0 Å². The highest BCUT2D eigenvalue weighted by Gasteiger charge is 2.59. The maximum Gasteiger partial charge on any atom is 0.231 e. The summed E-state index contributed by atoms with van der Waals surface area (Å²) < 4.78 is 11.4. The summed E-state index contributed by atoms with van der Waals surface area (Å²) in [6.07, 6.45) is 0.712. The van der Waals surface area contributed by atoms with E-state index in [0.29, 0.717) is 0 Å². The van der Waals surface area contributed by atoms with Gasteiger partial charge in [0, 0.05) is 18.7 Å². The quantitative estimate of drug-likeness (QED) is 0.335. The molecule has 0 aliphatic carbocycles. The van der Waals surface area contributed by atoms with Crippen molar-refractivity contribution in [1.29, 1.82) is 0 Å². The molecule has 3 atom stereocenters. The van der Waals surface area contributed by atoms with Crippen LogP contribution in [0.15, 0.2) is 103 Å². The van der Waals surface area contributed by atoms with Crippen LogP contribution in [-0.4, -0.2) is 18.4 Å². The van der Waals surface area contributed by atoms with E-state index in [4.69, 9.17) is 14.3 Å². The molecule has 0 saturated carbocycles. The Kier molecular flexibility index (Phi) is 5.01. The molecule has 5 nitrogen and oxygen atoms in total. The zero-order valence-electron chi connectivity index (χ0n) is 20.2. The van der Waals surface area contributed by atoms with Gasteiger partial charge in [0.05, 0.1) is 5.54 Å². The van der Waals surface area contributed by atoms with E-state index in [0.717, 1.165) is 30.0 Å². The van der Waals surface area contributed by atoms with Crippen LogP contribution in [0.25, 0.3) is 0 Å². The van der Waals surface area contributed by atoms with Gasteiger partial charge in [-0.25, -0.2) is 0 Å². The van der Waals surface area contributed by atoms with Crippen molar-refractivity contribution in [3.05, 3.63) is 125 Å². The third-order valence-corrected chi connectivity index (χ3v) is 7.68. The summed E-state index contributed by atoms with van der Waals surface area (Å²) in [7, 11) is 0. The van der Waals surface area contributed by atoms with Crippen LogP contribution >= 0.6 is 0 Å². The van der Waals surface area contributed by atoms with Crippen LogP contribution in [0.2, 0.25) is 0 Å². The maximum atomic E-state index is 6.91. The molecule has 0 aromatic heterocycles. The average molecular weight is 477 g/mol. The van der Waals surface area contributed by atoms with Gasteiger partial charge in [0.2, 0.25) is 6.79 Å². The normalized spacial score (nSPS) is 24.8. The summed E-state index contributed by atoms with van der Waals surface area (Å²) in [6, 6.07) is 36.4. The van der Waals surface area contributed by atoms with Crippen LogP contribution in [-0.2, 0) is 10.4 Å². The third-order valence-electron chi connectivity index (χ3n) is 7.68. The van der Waals surface area contributed by atoms with Crippen molar-refractivity contribution in [2.75, 3.05) is 18.2 Å². The van der Waals surface area contributed by atoms with E-state index in [9.17, 15) is 0 Å². The summed E-state index contributed by atoms with van der Waals surface area (Å²) in [6.45, 7) is 3.19. The lowest BCUT2D eigenvalue weighted by atomic mass is 9.84. The number of benzene rings is 4. The number of rotatable bonds is 4.